The zero-order valence-corrected chi connectivity index (χ0v) is 68.5. The van der Waals surface area contributed by atoms with Crippen molar-refractivity contribution in [1.29, 1.82) is 0 Å². The zero-order valence-electron chi connectivity index (χ0n) is 67.7. The lowest BCUT2D eigenvalue weighted by molar-refractivity contribution is 0.669. The van der Waals surface area contributed by atoms with Crippen molar-refractivity contribution in [2.75, 3.05) is 0 Å². The van der Waals surface area contributed by atoms with E-state index in [1.165, 1.54) is 140 Å². The van der Waals surface area contributed by atoms with Gasteiger partial charge < -0.3 is 22.7 Å². The second-order valence-corrected chi connectivity index (χ2v) is 34.1. The third-order valence-electron chi connectivity index (χ3n) is 26.2. The second-order valence-electron chi connectivity index (χ2n) is 33.0. The summed E-state index contributed by atoms with van der Waals surface area (Å²) in [6, 6.07) is 149. The van der Waals surface area contributed by atoms with E-state index in [1.807, 2.05) is 29.5 Å². The molecule has 0 aliphatic carbocycles. The van der Waals surface area contributed by atoms with Crippen molar-refractivity contribution in [1.82, 2.24) is 38.2 Å². The van der Waals surface area contributed by atoms with Crippen LogP contribution in [0.2, 0.25) is 0 Å². The van der Waals surface area contributed by atoms with Gasteiger partial charge in [0.1, 0.15) is 11.2 Å². The average molecular weight is 1620 g/mol. The molecule has 9 nitrogen and oxygen atoms in total. The molecule has 0 aliphatic heterocycles. The van der Waals surface area contributed by atoms with Gasteiger partial charge in [-0.15, -0.1) is 11.3 Å². The molecule has 0 atom stereocenters. The monoisotopic (exact) mass is 1620 g/mol. The Morgan fingerprint density at radius 3 is 1.11 bits per heavy atom. The van der Waals surface area contributed by atoms with Gasteiger partial charge in [0, 0.05) is 129 Å². The van der Waals surface area contributed by atoms with E-state index in [4.69, 9.17) is 24.4 Å². The van der Waals surface area contributed by atoms with Crippen LogP contribution in [0.4, 0.5) is 0 Å². The summed E-state index contributed by atoms with van der Waals surface area (Å²) < 4.78 is 18.5. The number of nitrogens with zero attached hydrogens (tertiary/aromatic N) is 8. The molecule has 0 saturated carbocycles. The van der Waals surface area contributed by atoms with E-state index in [-0.39, 0.29) is 0 Å². The summed E-state index contributed by atoms with van der Waals surface area (Å²) in [5.41, 5.74) is 23.4. The fourth-order valence-corrected chi connectivity index (χ4v) is 21.6. The largest absolute Gasteiger partial charge is 0.456 e. The number of furan rings is 1. The zero-order chi connectivity index (χ0) is 82.3. The summed E-state index contributed by atoms with van der Waals surface area (Å²) in [5, 5.41) is 26.6. The minimum atomic E-state index is 0.684. The molecule has 0 aliphatic rings. The van der Waals surface area contributed by atoms with Crippen LogP contribution in [0.5, 0.6) is 0 Å². The van der Waals surface area contributed by atoms with Crippen LogP contribution >= 0.6 is 11.3 Å². The maximum atomic E-state index is 6.17. The third-order valence-corrected chi connectivity index (χ3v) is 27.3. The van der Waals surface area contributed by atoms with Crippen LogP contribution in [-0.2, 0) is 0 Å². The Morgan fingerprint density at radius 1 is 0.198 bits per heavy atom. The minimum absolute atomic E-state index is 0.684. The van der Waals surface area contributed by atoms with Gasteiger partial charge in [-0.25, -0.2) is 19.9 Å². The SMILES string of the molecule is c1cc(-n2c3ccccc3c3c4ccccc4ccc32)c2cc3c(cc2c1)c1ccccc1n3-c1ccc(-c2nc(-c3ccc4oc5ccccc5c4c3)c3ccccc3n2)cc1.c1cc(-n2c3ccccc3c3c4ccccc4ccc32)c2cc3c(cc2c1)c1ccccc1n3-c1ccc(-c2nc(-c3ccc4sc5ccccc5c4c3)c3ccccc3n2)cc1. The maximum absolute atomic E-state index is 6.17. The van der Waals surface area contributed by atoms with Gasteiger partial charge in [0.25, 0.3) is 0 Å². The number of thiophene rings is 1. The molecule has 20 aromatic carbocycles. The van der Waals surface area contributed by atoms with Gasteiger partial charge in [-0.1, -0.05) is 237 Å². The van der Waals surface area contributed by atoms with Gasteiger partial charge in [-0.3, -0.25) is 0 Å². The molecular formula is C116H68N8OS. The van der Waals surface area contributed by atoms with E-state index >= 15 is 0 Å². The standard InChI is InChI=1S/C58H34N4O.C58H34N4S/c2*1-2-14-40-35(12-1)26-30-52-56(40)44-18-5-9-21-50(44)62(52)51-22-11-13-37-32-46-41-15-4-8-20-49(41)61(53(46)34-45(37)51)39-28-24-36(25-29-39)58-59-48-19-7-3-17-43(48)57(60-58)38-27-31-55-47(33-38)42-16-6-10-23-54(42)63-55/h2*1-34H. The molecular weight excluding hydrogens is 1550 g/mol. The number of hydrogen-bond acceptors (Lipinski definition) is 6. The predicted molar refractivity (Wildman–Crippen MR) is 528 cm³/mol. The summed E-state index contributed by atoms with van der Waals surface area (Å²) >= 11 is 1.84. The molecule has 8 heterocycles. The van der Waals surface area contributed by atoms with Gasteiger partial charge in [0.05, 0.1) is 77.9 Å². The third kappa shape index (κ3) is 10.7. The highest BCUT2D eigenvalue weighted by atomic mass is 32.1. The predicted octanol–water partition coefficient (Wildman–Crippen LogP) is 31.2. The van der Waals surface area contributed by atoms with Crippen LogP contribution in [-0.4, -0.2) is 38.2 Å². The summed E-state index contributed by atoms with van der Waals surface area (Å²) in [7, 11) is 0. The summed E-state index contributed by atoms with van der Waals surface area (Å²) in [6.45, 7) is 0. The van der Waals surface area contributed by atoms with Gasteiger partial charge >= 0.3 is 0 Å². The van der Waals surface area contributed by atoms with Crippen molar-refractivity contribution in [3.8, 4) is 68.0 Å². The van der Waals surface area contributed by atoms with Crippen molar-refractivity contribution < 1.29 is 4.42 Å². The lowest BCUT2D eigenvalue weighted by Crippen LogP contribution is -1.98. The second kappa shape index (κ2) is 27.4. The number of benzene rings is 20. The fourth-order valence-electron chi connectivity index (χ4n) is 20.5. The van der Waals surface area contributed by atoms with Crippen molar-refractivity contribution in [2.24, 2.45) is 0 Å². The lowest BCUT2D eigenvalue weighted by atomic mass is 10.0. The fraction of sp³-hybridized carbons (Fsp3) is 0. The summed E-state index contributed by atoms with van der Waals surface area (Å²) in [4.78, 5) is 20.8. The molecule has 28 aromatic rings. The topological polar surface area (TPSA) is 84.4 Å². The highest BCUT2D eigenvalue weighted by Crippen LogP contribution is 2.47. The first-order chi connectivity index (χ1) is 62.5. The Morgan fingerprint density at radius 2 is 0.587 bits per heavy atom. The number of hydrogen-bond donors (Lipinski definition) is 0. The first kappa shape index (κ1) is 70.1. The van der Waals surface area contributed by atoms with Crippen LogP contribution in [0.15, 0.2) is 417 Å². The van der Waals surface area contributed by atoms with Crippen LogP contribution in [0.3, 0.4) is 0 Å². The van der Waals surface area contributed by atoms with Crippen molar-refractivity contribution in [3.63, 3.8) is 0 Å². The van der Waals surface area contributed by atoms with Crippen LogP contribution in [0.1, 0.15) is 0 Å². The quantitative estimate of drug-likeness (QED) is 0.151. The normalized spacial score (nSPS) is 12.1. The Labute approximate surface area is 723 Å². The molecule has 0 amide bonds. The minimum Gasteiger partial charge on any atom is -0.456 e. The highest BCUT2D eigenvalue weighted by Gasteiger charge is 2.25. The number of para-hydroxylation sites is 7. The smallest absolute Gasteiger partial charge is 0.160 e. The van der Waals surface area contributed by atoms with Gasteiger partial charge in [0.15, 0.2) is 11.6 Å². The van der Waals surface area contributed by atoms with Gasteiger partial charge in [0.2, 0.25) is 0 Å². The molecule has 0 unspecified atom stereocenters. The summed E-state index contributed by atoms with van der Waals surface area (Å²) in [5.74, 6) is 1.39. The Bertz CT molecular complexity index is 8970. The Hall–Kier alpha value is -16.7. The molecule has 126 heavy (non-hydrogen) atoms. The molecule has 10 heteroatoms. The molecule has 0 fully saturated rings. The van der Waals surface area contributed by atoms with Crippen LogP contribution < -0.4 is 0 Å². The van der Waals surface area contributed by atoms with Crippen molar-refractivity contribution >= 4 is 206 Å². The van der Waals surface area contributed by atoms with E-state index in [9.17, 15) is 0 Å². The molecule has 584 valence electrons. The van der Waals surface area contributed by atoms with Gasteiger partial charge in [-0.2, -0.15) is 0 Å². The molecule has 0 radical (unpaired) electrons. The Kier molecular flexibility index (Phi) is 15.3. The van der Waals surface area contributed by atoms with Gasteiger partial charge in [-0.05, 0) is 208 Å². The van der Waals surface area contributed by atoms with Crippen LogP contribution in [0, 0.1) is 0 Å². The molecule has 28 rings (SSSR count). The van der Waals surface area contributed by atoms with Crippen molar-refractivity contribution in [2.45, 2.75) is 0 Å². The maximum Gasteiger partial charge on any atom is 0.160 e. The first-order valence-electron chi connectivity index (χ1n) is 42.8. The Balaban J connectivity index is 0.000000131. The average Bonchev–Trinajstić information content (AvgIpc) is 1.57. The number of fused-ring (bicyclic) bond motifs is 26. The first-order valence-corrected chi connectivity index (χ1v) is 43.6. The van der Waals surface area contributed by atoms with Crippen LogP contribution in [0.25, 0.3) is 262 Å². The molecule has 0 saturated heterocycles. The van der Waals surface area contributed by atoms with E-state index in [0.29, 0.717) is 11.6 Å². The lowest BCUT2D eigenvalue weighted by Gasteiger charge is -2.14. The van der Waals surface area contributed by atoms with E-state index in [2.05, 4.69) is 413 Å². The number of aromatic nitrogens is 8. The molecule has 0 bridgehead atoms. The van der Waals surface area contributed by atoms with E-state index < -0.39 is 0 Å². The van der Waals surface area contributed by atoms with Crippen molar-refractivity contribution in [3.05, 3.63) is 413 Å². The number of rotatable bonds is 8. The molecule has 8 aromatic heterocycles. The van der Waals surface area contributed by atoms with E-state index in [0.717, 1.165) is 111 Å². The highest BCUT2D eigenvalue weighted by molar-refractivity contribution is 7.25. The van der Waals surface area contributed by atoms with E-state index in [1.54, 1.807) is 0 Å². The molecule has 0 N–H and O–H groups in total. The summed E-state index contributed by atoms with van der Waals surface area (Å²) in [6.07, 6.45) is 0. The molecule has 0 spiro atoms.